The van der Waals surface area contributed by atoms with Gasteiger partial charge in [-0.3, -0.25) is 4.79 Å². The van der Waals surface area contributed by atoms with Crippen molar-refractivity contribution < 1.29 is 19.4 Å². The summed E-state index contributed by atoms with van der Waals surface area (Å²) in [4.78, 5) is 11.0. The summed E-state index contributed by atoms with van der Waals surface area (Å²) in [6.07, 6.45) is 2.29. The Labute approximate surface area is 109 Å². The molecule has 1 aromatic carbocycles. The summed E-state index contributed by atoms with van der Waals surface area (Å²) in [5.41, 5.74) is 0.914. The lowest BCUT2D eigenvalue weighted by atomic mass is 9.90. The molecule has 1 saturated carbocycles. The zero-order chi connectivity index (χ0) is 12.7. The van der Waals surface area contributed by atoms with Crippen molar-refractivity contribution in [3.8, 4) is 11.5 Å². The highest BCUT2D eigenvalue weighted by molar-refractivity contribution is 6.32. The topological polar surface area (TPSA) is 55.8 Å². The molecule has 1 aromatic rings. The van der Waals surface area contributed by atoms with Crippen molar-refractivity contribution in [3.05, 3.63) is 22.7 Å². The number of aliphatic carboxylic acids is 1. The molecule has 4 nitrogen and oxygen atoms in total. The van der Waals surface area contributed by atoms with Crippen LogP contribution in [0.2, 0.25) is 5.02 Å². The van der Waals surface area contributed by atoms with Crippen LogP contribution in [0.15, 0.2) is 12.1 Å². The van der Waals surface area contributed by atoms with Gasteiger partial charge in [0.1, 0.15) is 0 Å². The monoisotopic (exact) mass is 268 g/mol. The molecule has 0 radical (unpaired) electrons. The van der Waals surface area contributed by atoms with Crippen molar-refractivity contribution >= 4 is 17.6 Å². The van der Waals surface area contributed by atoms with E-state index in [1.807, 2.05) is 6.07 Å². The van der Waals surface area contributed by atoms with Crippen LogP contribution in [-0.2, 0) is 4.79 Å². The largest absolute Gasteiger partial charge is 0.481 e. The summed E-state index contributed by atoms with van der Waals surface area (Å²) in [5, 5.41) is 9.54. The van der Waals surface area contributed by atoms with Crippen LogP contribution in [0.5, 0.6) is 11.5 Å². The van der Waals surface area contributed by atoms with Gasteiger partial charge in [-0.15, -0.1) is 0 Å². The predicted octanol–water partition coefficient (Wildman–Crippen LogP) is 3.04. The molecule has 1 aliphatic heterocycles. The molecule has 0 bridgehead atoms. The zero-order valence-electron chi connectivity index (χ0n) is 9.69. The van der Waals surface area contributed by atoms with Gasteiger partial charge in [-0.1, -0.05) is 17.7 Å². The minimum atomic E-state index is -0.783. The van der Waals surface area contributed by atoms with Crippen LogP contribution in [0, 0.1) is 5.92 Å². The third-order valence-corrected chi connectivity index (χ3v) is 3.78. The van der Waals surface area contributed by atoms with Crippen LogP contribution in [0.3, 0.4) is 0 Å². The Kier molecular flexibility index (Phi) is 2.82. The van der Waals surface area contributed by atoms with E-state index in [1.54, 1.807) is 6.07 Å². The Morgan fingerprint density at radius 1 is 1.39 bits per heavy atom. The first-order valence-electron chi connectivity index (χ1n) is 5.96. The van der Waals surface area contributed by atoms with Crippen molar-refractivity contribution in [1.82, 2.24) is 0 Å². The summed E-state index contributed by atoms with van der Waals surface area (Å²) in [6.45, 7) is 0.149. The van der Waals surface area contributed by atoms with Gasteiger partial charge in [-0.2, -0.15) is 0 Å². The molecular formula is C13H13ClO4. The maximum atomic E-state index is 11.0. The van der Waals surface area contributed by atoms with Crippen LogP contribution in [0.1, 0.15) is 30.7 Å². The first kappa shape index (κ1) is 11.7. The van der Waals surface area contributed by atoms with Crippen LogP contribution < -0.4 is 9.47 Å². The van der Waals surface area contributed by atoms with Gasteiger partial charge >= 0.3 is 5.97 Å². The quantitative estimate of drug-likeness (QED) is 0.912. The molecule has 1 heterocycles. The van der Waals surface area contributed by atoms with Gasteiger partial charge in [0.25, 0.3) is 0 Å². The molecule has 0 aromatic heterocycles. The molecule has 5 heteroatoms. The van der Waals surface area contributed by atoms with Crippen molar-refractivity contribution in [2.75, 3.05) is 6.79 Å². The SMILES string of the molecule is O=C(O)CC(c1ccc(Cl)c2c1OCO2)C1CC1. The van der Waals surface area contributed by atoms with E-state index in [2.05, 4.69) is 0 Å². The molecule has 1 fully saturated rings. The third-order valence-electron chi connectivity index (χ3n) is 3.49. The van der Waals surface area contributed by atoms with Gasteiger partial charge in [-0.25, -0.2) is 0 Å². The molecule has 1 aliphatic carbocycles. The molecule has 1 unspecified atom stereocenters. The van der Waals surface area contributed by atoms with Crippen molar-refractivity contribution in [1.29, 1.82) is 0 Å². The number of fused-ring (bicyclic) bond motifs is 1. The maximum Gasteiger partial charge on any atom is 0.303 e. The second kappa shape index (κ2) is 4.35. The van der Waals surface area contributed by atoms with E-state index in [-0.39, 0.29) is 19.1 Å². The molecule has 0 saturated heterocycles. The predicted molar refractivity (Wildman–Crippen MR) is 65.3 cm³/mol. The van der Waals surface area contributed by atoms with E-state index in [4.69, 9.17) is 26.2 Å². The van der Waals surface area contributed by atoms with Gasteiger partial charge in [0.2, 0.25) is 6.79 Å². The number of halogens is 1. The summed E-state index contributed by atoms with van der Waals surface area (Å²) < 4.78 is 10.8. The highest BCUT2D eigenvalue weighted by Gasteiger charge is 2.37. The van der Waals surface area contributed by atoms with E-state index in [1.165, 1.54) is 0 Å². The summed E-state index contributed by atoms with van der Waals surface area (Å²) in [5.74, 6) is 0.825. The molecule has 0 amide bonds. The molecule has 1 N–H and O–H groups in total. The highest BCUT2D eigenvalue weighted by Crippen LogP contribution is 2.51. The van der Waals surface area contributed by atoms with Crippen LogP contribution in [0.25, 0.3) is 0 Å². The van der Waals surface area contributed by atoms with E-state index in [0.717, 1.165) is 18.4 Å². The lowest BCUT2D eigenvalue weighted by Crippen LogP contribution is -2.09. The number of ether oxygens (including phenoxy) is 2. The van der Waals surface area contributed by atoms with Gasteiger partial charge in [0.05, 0.1) is 11.4 Å². The third kappa shape index (κ3) is 2.01. The fourth-order valence-electron chi connectivity index (χ4n) is 2.49. The normalized spacial score (nSPS) is 18.7. The average Bonchev–Trinajstić information content (AvgIpc) is 3.04. The molecule has 0 spiro atoms. The summed E-state index contributed by atoms with van der Waals surface area (Å²) in [6, 6.07) is 3.61. The number of benzene rings is 1. The Morgan fingerprint density at radius 2 is 2.11 bits per heavy atom. The fraction of sp³-hybridized carbons (Fsp3) is 0.462. The second-order valence-electron chi connectivity index (χ2n) is 4.74. The number of carbonyl (C=O) groups is 1. The van der Waals surface area contributed by atoms with Gasteiger partial charge in [0, 0.05) is 11.5 Å². The van der Waals surface area contributed by atoms with Crippen molar-refractivity contribution in [2.45, 2.75) is 25.2 Å². The fourth-order valence-corrected chi connectivity index (χ4v) is 2.70. The van der Waals surface area contributed by atoms with E-state index in [0.29, 0.717) is 22.4 Å². The Hall–Kier alpha value is -1.42. The summed E-state index contributed by atoms with van der Waals surface area (Å²) in [7, 11) is 0. The minimum absolute atomic E-state index is 0.00443. The molecule has 1 atom stereocenters. The maximum absolute atomic E-state index is 11.0. The lowest BCUT2D eigenvalue weighted by Gasteiger charge is -2.16. The van der Waals surface area contributed by atoms with E-state index < -0.39 is 5.97 Å². The first-order valence-corrected chi connectivity index (χ1v) is 6.34. The van der Waals surface area contributed by atoms with Gasteiger partial charge in [0.15, 0.2) is 11.5 Å². The van der Waals surface area contributed by atoms with Crippen LogP contribution in [-0.4, -0.2) is 17.9 Å². The molecule has 18 heavy (non-hydrogen) atoms. The Morgan fingerprint density at radius 3 is 2.78 bits per heavy atom. The Bertz CT molecular complexity index is 496. The van der Waals surface area contributed by atoms with Crippen LogP contribution >= 0.6 is 11.6 Å². The Balaban J connectivity index is 1.99. The molecule has 96 valence electrons. The first-order chi connectivity index (χ1) is 8.66. The molecular weight excluding hydrogens is 256 g/mol. The standard InChI is InChI=1S/C13H13ClO4/c14-10-4-3-8(12-13(10)18-6-17-12)9(5-11(15)16)7-1-2-7/h3-4,7,9H,1-2,5-6H2,(H,15,16). The highest BCUT2D eigenvalue weighted by atomic mass is 35.5. The van der Waals surface area contributed by atoms with E-state index in [9.17, 15) is 4.79 Å². The number of carboxylic acid groups (broad SMARTS) is 1. The lowest BCUT2D eigenvalue weighted by molar-refractivity contribution is -0.137. The number of carboxylic acids is 1. The van der Waals surface area contributed by atoms with Gasteiger partial charge < -0.3 is 14.6 Å². The zero-order valence-corrected chi connectivity index (χ0v) is 10.4. The summed E-state index contributed by atoms with van der Waals surface area (Å²) >= 11 is 6.03. The molecule has 2 aliphatic rings. The van der Waals surface area contributed by atoms with Crippen molar-refractivity contribution in [3.63, 3.8) is 0 Å². The second-order valence-corrected chi connectivity index (χ2v) is 5.15. The number of rotatable bonds is 4. The smallest absolute Gasteiger partial charge is 0.303 e. The minimum Gasteiger partial charge on any atom is -0.481 e. The average molecular weight is 269 g/mol. The molecule has 3 rings (SSSR count). The van der Waals surface area contributed by atoms with Gasteiger partial charge in [-0.05, 0) is 24.8 Å². The van der Waals surface area contributed by atoms with Crippen LogP contribution in [0.4, 0.5) is 0 Å². The van der Waals surface area contributed by atoms with E-state index >= 15 is 0 Å². The van der Waals surface area contributed by atoms with Crippen molar-refractivity contribution in [2.24, 2.45) is 5.92 Å². The number of hydrogen-bond acceptors (Lipinski definition) is 3. The number of hydrogen-bond donors (Lipinski definition) is 1.